The Balaban J connectivity index is 1.47. The number of esters is 1. The first kappa shape index (κ1) is 20.5. The summed E-state index contributed by atoms with van der Waals surface area (Å²) in [5.74, 6) is 0.861. The maximum absolute atomic E-state index is 12.1. The number of nitrogens with one attached hydrogen (secondary N) is 2. The van der Waals surface area contributed by atoms with Gasteiger partial charge in [0.15, 0.2) is 16.8 Å². The van der Waals surface area contributed by atoms with Crippen molar-refractivity contribution < 1.29 is 9.53 Å². The van der Waals surface area contributed by atoms with E-state index in [9.17, 15) is 4.79 Å². The molecule has 8 nitrogen and oxygen atoms in total. The molecule has 4 rings (SSSR count). The van der Waals surface area contributed by atoms with E-state index < -0.39 is 0 Å². The number of hydrogen-bond donors (Lipinski definition) is 3. The lowest BCUT2D eigenvalue weighted by molar-refractivity contribution is 0.0459. The summed E-state index contributed by atoms with van der Waals surface area (Å²) >= 11 is 1.52. The molecular formula is C22H22N6O2S. The van der Waals surface area contributed by atoms with Gasteiger partial charge in [0.05, 0.1) is 22.4 Å². The van der Waals surface area contributed by atoms with Crippen LogP contribution in [-0.2, 0) is 4.74 Å². The first-order valence-electron chi connectivity index (χ1n) is 9.77. The van der Waals surface area contributed by atoms with Gasteiger partial charge in [-0.2, -0.15) is 0 Å². The molecule has 0 aliphatic carbocycles. The number of aromatic nitrogens is 3. The number of thiazole rings is 1. The molecule has 0 saturated carbocycles. The number of carbonyl (C=O) groups is 1. The van der Waals surface area contributed by atoms with Crippen molar-refractivity contribution in [1.82, 2.24) is 15.0 Å². The number of benzene rings is 2. The van der Waals surface area contributed by atoms with Gasteiger partial charge in [-0.3, -0.25) is 0 Å². The molecule has 0 aliphatic heterocycles. The molecule has 0 bridgehead atoms. The summed E-state index contributed by atoms with van der Waals surface area (Å²) in [6.45, 7) is 4.37. The van der Waals surface area contributed by atoms with Gasteiger partial charge in [-0.25, -0.2) is 19.7 Å². The molecule has 0 atom stereocenters. The number of hydrogen-bond acceptors (Lipinski definition) is 9. The number of rotatable bonds is 7. The molecule has 0 fully saturated rings. The third kappa shape index (κ3) is 4.89. The van der Waals surface area contributed by atoms with Crippen molar-refractivity contribution in [3.63, 3.8) is 0 Å². The average molecular weight is 435 g/mol. The van der Waals surface area contributed by atoms with Crippen molar-refractivity contribution in [1.29, 1.82) is 0 Å². The molecule has 0 spiro atoms. The van der Waals surface area contributed by atoms with Crippen LogP contribution in [0.25, 0.3) is 10.2 Å². The summed E-state index contributed by atoms with van der Waals surface area (Å²) in [5, 5.41) is 7.02. The number of para-hydroxylation sites is 1. The predicted octanol–water partition coefficient (Wildman–Crippen LogP) is 4.97. The topological polar surface area (TPSA) is 115 Å². The van der Waals surface area contributed by atoms with Crippen molar-refractivity contribution in [3.05, 3.63) is 60.4 Å². The van der Waals surface area contributed by atoms with E-state index in [0.29, 0.717) is 34.6 Å². The van der Waals surface area contributed by atoms with Gasteiger partial charge in [0.25, 0.3) is 0 Å². The largest absolute Gasteiger partial charge is 0.462 e. The number of carbonyl (C=O) groups excluding carboxylic acids is 1. The van der Waals surface area contributed by atoms with Crippen LogP contribution in [0.1, 0.15) is 24.2 Å². The lowest BCUT2D eigenvalue weighted by Crippen LogP contribution is -2.10. The third-order valence-corrected chi connectivity index (χ3v) is 5.29. The summed E-state index contributed by atoms with van der Waals surface area (Å²) in [5.41, 5.74) is 8.76. The molecule has 158 valence electrons. The number of fused-ring (bicyclic) bond motifs is 1. The number of nitrogen functional groups attached to an aromatic ring is 1. The van der Waals surface area contributed by atoms with E-state index >= 15 is 0 Å². The van der Waals surface area contributed by atoms with E-state index in [1.807, 2.05) is 38.1 Å². The second-order valence-corrected chi connectivity index (χ2v) is 8.32. The van der Waals surface area contributed by atoms with E-state index in [0.717, 1.165) is 15.9 Å². The van der Waals surface area contributed by atoms with Crippen molar-refractivity contribution in [2.75, 3.05) is 23.0 Å². The Morgan fingerprint density at radius 2 is 1.77 bits per heavy atom. The summed E-state index contributed by atoms with van der Waals surface area (Å²) in [4.78, 5) is 25.1. The third-order valence-electron chi connectivity index (χ3n) is 4.33. The fraction of sp³-hybridized carbons (Fsp3) is 0.182. The Labute approximate surface area is 183 Å². The van der Waals surface area contributed by atoms with Crippen molar-refractivity contribution >= 4 is 55.7 Å². The van der Waals surface area contributed by atoms with Crippen molar-refractivity contribution in [2.45, 2.75) is 13.8 Å². The highest BCUT2D eigenvalue weighted by Gasteiger charge is 2.12. The Morgan fingerprint density at radius 3 is 2.48 bits per heavy atom. The van der Waals surface area contributed by atoms with Gasteiger partial charge in [-0.15, -0.1) is 0 Å². The lowest BCUT2D eigenvalue weighted by atomic mass is 10.2. The minimum absolute atomic E-state index is 0.288. The SMILES string of the molecule is CC(C)COC(=O)c1ccc(Nc2ncnc(Nc3nc4ccccc4s3)c2N)cc1. The minimum Gasteiger partial charge on any atom is -0.462 e. The monoisotopic (exact) mass is 434 g/mol. The summed E-state index contributed by atoms with van der Waals surface area (Å²) in [6.07, 6.45) is 1.42. The first-order chi connectivity index (χ1) is 15.0. The quantitative estimate of drug-likeness (QED) is 0.349. The molecule has 31 heavy (non-hydrogen) atoms. The summed E-state index contributed by atoms with van der Waals surface area (Å²) < 4.78 is 6.32. The molecule has 0 unspecified atom stereocenters. The van der Waals surface area contributed by atoms with Crippen molar-refractivity contribution in [3.8, 4) is 0 Å². The molecule has 2 aromatic carbocycles. The highest BCUT2D eigenvalue weighted by molar-refractivity contribution is 7.22. The lowest BCUT2D eigenvalue weighted by Gasteiger charge is -2.12. The van der Waals surface area contributed by atoms with Gasteiger partial charge in [-0.1, -0.05) is 37.3 Å². The van der Waals surface area contributed by atoms with Crippen LogP contribution < -0.4 is 16.4 Å². The molecule has 0 aliphatic rings. The zero-order valence-corrected chi connectivity index (χ0v) is 17.9. The van der Waals surface area contributed by atoms with Gasteiger partial charge in [0.1, 0.15) is 12.0 Å². The molecule has 2 heterocycles. The summed E-state index contributed by atoms with van der Waals surface area (Å²) in [7, 11) is 0. The number of nitrogens with zero attached hydrogens (tertiary/aromatic N) is 3. The zero-order valence-electron chi connectivity index (χ0n) is 17.1. The Hall–Kier alpha value is -3.72. The van der Waals surface area contributed by atoms with Crippen LogP contribution in [0.3, 0.4) is 0 Å². The number of anilines is 5. The standard InChI is InChI=1S/C22H22N6O2S/c1-13(2)11-30-21(29)14-7-9-15(10-8-14)26-19-18(23)20(25-12-24-19)28-22-27-16-5-3-4-6-17(16)31-22/h3-10,12-13H,11,23H2,1-2H3,(H2,24,25,26,27,28). The minimum atomic E-state index is -0.343. The van der Waals surface area contributed by atoms with Crippen LogP contribution in [0.4, 0.5) is 28.1 Å². The Bertz CT molecular complexity index is 1170. The van der Waals surface area contributed by atoms with Crippen LogP contribution in [0.15, 0.2) is 54.9 Å². The predicted molar refractivity (Wildman–Crippen MR) is 124 cm³/mol. The number of nitrogens with two attached hydrogens (primary N) is 1. The number of ether oxygens (including phenoxy) is 1. The van der Waals surface area contributed by atoms with Crippen LogP contribution >= 0.6 is 11.3 Å². The Morgan fingerprint density at radius 1 is 1.06 bits per heavy atom. The van der Waals surface area contributed by atoms with Gasteiger partial charge < -0.3 is 21.1 Å². The van der Waals surface area contributed by atoms with E-state index in [1.165, 1.54) is 17.7 Å². The zero-order chi connectivity index (χ0) is 21.8. The fourth-order valence-electron chi connectivity index (χ4n) is 2.77. The average Bonchev–Trinajstić information content (AvgIpc) is 3.18. The highest BCUT2D eigenvalue weighted by atomic mass is 32.1. The van der Waals surface area contributed by atoms with Gasteiger partial charge in [-0.05, 0) is 42.3 Å². The Kier molecular flexibility index (Phi) is 5.94. The van der Waals surface area contributed by atoms with Crippen molar-refractivity contribution in [2.24, 2.45) is 5.92 Å². The first-order valence-corrected chi connectivity index (χ1v) is 10.6. The van der Waals surface area contributed by atoms with Gasteiger partial charge >= 0.3 is 5.97 Å². The molecule has 9 heteroatoms. The van der Waals surface area contributed by atoms with Gasteiger partial charge in [0.2, 0.25) is 0 Å². The molecule has 0 radical (unpaired) electrons. The molecule has 2 aromatic heterocycles. The van der Waals surface area contributed by atoms with E-state index in [-0.39, 0.29) is 11.9 Å². The molecule has 4 aromatic rings. The highest BCUT2D eigenvalue weighted by Crippen LogP contribution is 2.32. The molecule has 4 N–H and O–H groups in total. The smallest absolute Gasteiger partial charge is 0.338 e. The van der Waals surface area contributed by atoms with Crippen LogP contribution in [0, 0.1) is 5.92 Å². The maximum atomic E-state index is 12.1. The maximum Gasteiger partial charge on any atom is 0.338 e. The van der Waals surface area contributed by atoms with E-state index in [2.05, 4.69) is 25.6 Å². The molecular weight excluding hydrogens is 412 g/mol. The molecule has 0 amide bonds. The van der Waals surface area contributed by atoms with Crippen LogP contribution in [-0.4, -0.2) is 27.5 Å². The van der Waals surface area contributed by atoms with E-state index in [4.69, 9.17) is 10.5 Å². The normalized spacial score (nSPS) is 10.9. The van der Waals surface area contributed by atoms with Gasteiger partial charge in [0, 0.05) is 5.69 Å². The second kappa shape index (κ2) is 8.97. The van der Waals surface area contributed by atoms with Crippen LogP contribution in [0.5, 0.6) is 0 Å². The fourth-order valence-corrected chi connectivity index (χ4v) is 3.64. The van der Waals surface area contributed by atoms with E-state index in [1.54, 1.807) is 24.3 Å². The van der Waals surface area contributed by atoms with Crippen LogP contribution in [0.2, 0.25) is 0 Å². The molecule has 0 saturated heterocycles. The second-order valence-electron chi connectivity index (χ2n) is 7.29. The summed E-state index contributed by atoms with van der Waals surface area (Å²) in [6, 6.07) is 14.8.